The molecule has 41 heavy (non-hydrogen) atoms. The van der Waals surface area contributed by atoms with Crippen molar-refractivity contribution in [3.63, 3.8) is 0 Å². The first-order valence-electron chi connectivity index (χ1n) is 14.7. The number of hydrogen-bond acceptors (Lipinski definition) is 9. The number of likely N-dealkylation sites (tertiary alicyclic amines) is 1. The van der Waals surface area contributed by atoms with Crippen LogP contribution in [0.25, 0.3) is 5.57 Å². The van der Waals surface area contributed by atoms with E-state index in [0.29, 0.717) is 66.3 Å². The van der Waals surface area contributed by atoms with Gasteiger partial charge in [-0.15, -0.1) is 0 Å². The summed E-state index contributed by atoms with van der Waals surface area (Å²) in [6.45, 7) is 6.35. The Hall–Kier alpha value is -3.52. The molecule has 0 unspecified atom stereocenters. The van der Waals surface area contributed by atoms with Crippen LogP contribution in [0.5, 0.6) is 11.6 Å². The molecule has 10 heteroatoms. The molecule has 0 radical (unpaired) electrons. The monoisotopic (exact) mass is 559 g/mol. The van der Waals surface area contributed by atoms with Crippen LogP contribution in [0.4, 0.5) is 0 Å². The fourth-order valence-electron chi connectivity index (χ4n) is 6.22. The molecule has 3 saturated heterocycles. The van der Waals surface area contributed by atoms with Gasteiger partial charge in [-0.3, -0.25) is 9.69 Å². The summed E-state index contributed by atoms with van der Waals surface area (Å²) in [7, 11) is 1.62. The molecule has 216 valence electrons. The normalized spacial score (nSPS) is 20.3. The van der Waals surface area contributed by atoms with Crippen LogP contribution in [0.1, 0.15) is 58.7 Å². The Bertz CT molecular complexity index is 1340. The molecule has 0 atom stereocenters. The highest BCUT2D eigenvalue weighted by Crippen LogP contribution is 2.35. The lowest BCUT2D eigenvalue weighted by atomic mass is 10.0. The van der Waals surface area contributed by atoms with E-state index < -0.39 is 0 Å². The highest BCUT2D eigenvalue weighted by Gasteiger charge is 2.29. The van der Waals surface area contributed by atoms with Gasteiger partial charge in [-0.2, -0.15) is 10.2 Å². The smallest absolute Gasteiger partial charge is 0.253 e. The predicted octanol–water partition coefficient (Wildman–Crippen LogP) is 3.03. The minimum Gasteiger partial charge on any atom is -0.496 e. The summed E-state index contributed by atoms with van der Waals surface area (Å²) in [5.74, 6) is 1.73. The van der Waals surface area contributed by atoms with E-state index in [1.165, 1.54) is 0 Å². The molecule has 6 rings (SSSR count). The quantitative estimate of drug-likeness (QED) is 0.506. The van der Waals surface area contributed by atoms with Crippen LogP contribution in [0.2, 0.25) is 0 Å². The van der Waals surface area contributed by atoms with Gasteiger partial charge in [-0.1, -0.05) is 12.1 Å². The van der Waals surface area contributed by atoms with Gasteiger partial charge in [0.15, 0.2) is 0 Å². The van der Waals surface area contributed by atoms with Crippen molar-refractivity contribution in [1.82, 2.24) is 19.8 Å². The van der Waals surface area contributed by atoms with E-state index >= 15 is 0 Å². The Morgan fingerprint density at radius 2 is 1.80 bits per heavy atom. The van der Waals surface area contributed by atoms with Gasteiger partial charge in [0.1, 0.15) is 17.7 Å². The average Bonchev–Trinajstić information content (AvgIpc) is 3.45. The molecule has 0 saturated carbocycles. The van der Waals surface area contributed by atoms with Gasteiger partial charge in [0.2, 0.25) is 5.88 Å². The molecule has 1 aromatic heterocycles. The second-order valence-electron chi connectivity index (χ2n) is 11.0. The molecule has 1 aliphatic carbocycles. The summed E-state index contributed by atoms with van der Waals surface area (Å²) < 4.78 is 23.0. The standard InChI is InChI=1S/C31H37N5O5/c1-38-27-18-22(31(37)36-10-6-24(7-11-36)35-12-16-40-17-13-35)3-2-21(27)19-28-33-26-5-4-23(20-32)29(26)30(34-28)41-25-8-14-39-15-9-25/h2-4,18,24-25H,5-17,19H2,1H3. The fourth-order valence-corrected chi connectivity index (χ4v) is 6.22. The molecule has 3 aliphatic heterocycles. The van der Waals surface area contributed by atoms with Crippen LogP contribution in [-0.2, 0) is 22.3 Å². The van der Waals surface area contributed by atoms with Crippen molar-refractivity contribution in [1.29, 1.82) is 5.26 Å². The maximum absolute atomic E-state index is 13.4. The summed E-state index contributed by atoms with van der Waals surface area (Å²) in [5.41, 5.74) is 3.58. The second kappa shape index (κ2) is 12.6. The van der Waals surface area contributed by atoms with E-state index in [4.69, 9.17) is 28.9 Å². The third-order valence-electron chi connectivity index (χ3n) is 8.53. The molecular weight excluding hydrogens is 522 g/mol. The first-order chi connectivity index (χ1) is 20.1. The zero-order valence-corrected chi connectivity index (χ0v) is 23.6. The van der Waals surface area contributed by atoms with Crippen LogP contribution in [0.15, 0.2) is 24.3 Å². The number of piperidine rings is 1. The first kappa shape index (κ1) is 27.6. The number of nitrogens with zero attached hydrogens (tertiary/aromatic N) is 5. The molecule has 4 aliphatic rings. The SMILES string of the molecule is COc1cc(C(=O)N2CCC(N3CCOCC3)CC2)ccc1Cc1nc2c(c(OC3CCOCC3)n1)C(C#N)=CC2. The summed E-state index contributed by atoms with van der Waals surface area (Å²) in [6.07, 6.45) is 6.41. The second-order valence-corrected chi connectivity index (χ2v) is 11.0. The number of nitriles is 1. The van der Waals surface area contributed by atoms with Gasteiger partial charge >= 0.3 is 0 Å². The molecule has 1 aromatic carbocycles. The maximum atomic E-state index is 13.4. The third-order valence-corrected chi connectivity index (χ3v) is 8.53. The van der Waals surface area contributed by atoms with Crippen molar-refractivity contribution < 1.29 is 23.7 Å². The zero-order valence-electron chi connectivity index (χ0n) is 23.6. The van der Waals surface area contributed by atoms with Gasteiger partial charge < -0.3 is 23.8 Å². The van der Waals surface area contributed by atoms with E-state index in [1.54, 1.807) is 7.11 Å². The number of aromatic nitrogens is 2. The molecule has 10 nitrogen and oxygen atoms in total. The summed E-state index contributed by atoms with van der Waals surface area (Å²) in [6, 6.07) is 8.41. The Labute approximate surface area is 240 Å². The summed E-state index contributed by atoms with van der Waals surface area (Å²) in [4.78, 5) is 27.4. The van der Waals surface area contributed by atoms with Crippen LogP contribution in [-0.4, -0.2) is 97.5 Å². The Morgan fingerprint density at radius 3 is 2.54 bits per heavy atom. The van der Waals surface area contributed by atoms with E-state index in [1.807, 2.05) is 29.2 Å². The van der Waals surface area contributed by atoms with Crippen LogP contribution in [0.3, 0.4) is 0 Å². The zero-order chi connectivity index (χ0) is 28.2. The Morgan fingerprint density at radius 1 is 1.05 bits per heavy atom. The number of benzene rings is 1. The molecule has 0 bridgehead atoms. The number of methoxy groups -OCH3 is 1. The minimum absolute atomic E-state index is 0.00471. The van der Waals surface area contributed by atoms with E-state index in [-0.39, 0.29) is 12.0 Å². The number of amides is 1. The van der Waals surface area contributed by atoms with Gasteiger partial charge in [-0.25, -0.2) is 4.98 Å². The number of hydrogen-bond donors (Lipinski definition) is 0. The summed E-state index contributed by atoms with van der Waals surface area (Å²) >= 11 is 0. The Balaban J connectivity index is 1.16. The van der Waals surface area contributed by atoms with Gasteiger partial charge in [0, 0.05) is 69.0 Å². The molecule has 3 fully saturated rings. The lowest BCUT2D eigenvalue weighted by Crippen LogP contribution is -2.50. The fraction of sp³-hybridized carbons (Fsp3) is 0.548. The highest BCUT2D eigenvalue weighted by molar-refractivity contribution is 5.95. The summed E-state index contributed by atoms with van der Waals surface area (Å²) in [5, 5.41) is 9.65. The van der Waals surface area contributed by atoms with Crippen molar-refractivity contribution in [3.8, 4) is 17.7 Å². The van der Waals surface area contributed by atoms with Crippen LogP contribution >= 0.6 is 0 Å². The molecule has 1 amide bonds. The van der Waals surface area contributed by atoms with Crippen molar-refractivity contribution in [3.05, 3.63) is 52.5 Å². The molecular formula is C31H37N5O5. The van der Waals surface area contributed by atoms with Crippen molar-refractivity contribution in [2.45, 2.75) is 50.7 Å². The Kier molecular flexibility index (Phi) is 8.46. The number of allylic oxidation sites excluding steroid dienone is 2. The third kappa shape index (κ3) is 6.08. The van der Waals surface area contributed by atoms with E-state index in [2.05, 4.69) is 11.0 Å². The van der Waals surface area contributed by atoms with Gasteiger partial charge in [0.05, 0.1) is 56.4 Å². The number of morpholine rings is 1. The van der Waals surface area contributed by atoms with Gasteiger partial charge in [0.25, 0.3) is 5.91 Å². The van der Waals surface area contributed by atoms with Crippen molar-refractivity contribution in [2.24, 2.45) is 0 Å². The van der Waals surface area contributed by atoms with Gasteiger partial charge in [-0.05, 0) is 25.0 Å². The predicted molar refractivity (Wildman–Crippen MR) is 151 cm³/mol. The maximum Gasteiger partial charge on any atom is 0.253 e. The number of rotatable bonds is 7. The highest BCUT2D eigenvalue weighted by atomic mass is 16.5. The van der Waals surface area contributed by atoms with Crippen LogP contribution < -0.4 is 9.47 Å². The number of carbonyl (C=O) groups excluding carboxylic acids is 1. The first-order valence-corrected chi connectivity index (χ1v) is 14.7. The van der Waals surface area contributed by atoms with Crippen molar-refractivity contribution >= 4 is 11.5 Å². The molecule has 0 spiro atoms. The van der Waals surface area contributed by atoms with E-state index in [0.717, 1.165) is 76.3 Å². The lowest BCUT2D eigenvalue weighted by Gasteiger charge is -2.40. The van der Waals surface area contributed by atoms with E-state index in [9.17, 15) is 10.1 Å². The number of carbonyl (C=O) groups is 1. The largest absolute Gasteiger partial charge is 0.496 e. The molecule has 2 aromatic rings. The number of fused-ring (bicyclic) bond motifs is 1. The minimum atomic E-state index is -0.00471. The average molecular weight is 560 g/mol. The van der Waals surface area contributed by atoms with Crippen LogP contribution in [0, 0.1) is 11.3 Å². The number of ether oxygens (including phenoxy) is 4. The topological polar surface area (TPSA) is 110 Å². The lowest BCUT2D eigenvalue weighted by molar-refractivity contribution is 0.00158. The molecule has 0 N–H and O–H groups in total. The van der Waals surface area contributed by atoms with Crippen molar-refractivity contribution in [2.75, 3.05) is 59.7 Å². The molecule has 4 heterocycles.